The van der Waals surface area contributed by atoms with Gasteiger partial charge in [0.2, 0.25) is 0 Å². The maximum absolute atomic E-state index is 13.1. The summed E-state index contributed by atoms with van der Waals surface area (Å²) in [6.07, 6.45) is 1.10. The number of aliphatic hydroxyl groups is 2. The number of phenols is 4. The maximum atomic E-state index is 13.1. The number of hydrogen-bond donors (Lipinski definition) is 9. The number of nitrogens with one attached hydrogen (secondary N) is 3. The second-order valence-corrected chi connectivity index (χ2v) is 9.95. The van der Waals surface area contributed by atoms with Gasteiger partial charge >= 0.3 is 17.9 Å². The van der Waals surface area contributed by atoms with Crippen molar-refractivity contribution in [3.05, 3.63) is 70.7 Å². The van der Waals surface area contributed by atoms with E-state index in [9.17, 15) is 59.4 Å². The van der Waals surface area contributed by atoms with Gasteiger partial charge in [-0.3, -0.25) is 14.4 Å². The Kier molecular flexibility index (Phi) is 11.8. The van der Waals surface area contributed by atoms with E-state index in [0.717, 1.165) is 37.3 Å². The van der Waals surface area contributed by atoms with E-state index in [2.05, 4.69) is 16.0 Å². The van der Waals surface area contributed by atoms with Crippen LogP contribution in [0.2, 0.25) is 0 Å². The molecule has 0 radical (unpaired) electrons. The average molecular weight is 674 g/mol. The molecule has 0 spiro atoms. The first-order chi connectivity index (χ1) is 22.7. The molecule has 0 bridgehead atoms. The number of carbonyl (C=O) groups excluding carboxylic acids is 6. The Morgan fingerprint density at radius 3 is 1.42 bits per heavy atom. The summed E-state index contributed by atoms with van der Waals surface area (Å²) in [5, 5.41) is 65.8. The first-order valence-corrected chi connectivity index (χ1v) is 13.9. The molecule has 1 fully saturated rings. The highest BCUT2D eigenvalue weighted by atomic mass is 16.6. The molecule has 256 valence electrons. The lowest BCUT2D eigenvalue weighted by Gasteiger charge is -2.25. The minimum atomic E-state index is -1.84. The summed E-state index contributed by atoms with van der Waals surface area (Å²) < 4.78 is 15.3. The standard InChI is InChI=1S/C30H31N3O15/c1-3-14(22(37)13(2)34)25(40)31-17-10-46-29(44)19(33-27(42)16-7-5-9-21(36)24(16)39)12-48-30(45)18(11-47-28(17)43)32-26(41)15-6-4-8-20(35)23(15)38/h3-9,17-19,34-39H,10-12H2,1-2H3,(H,31,40)(H,32,41)(H,33,42)/b14-3+,22-13-/t17-,18-,19-/m0/s1. The molecule has 18 nitrogen and oxygen atoms in total. The van der Waals surface area contributed by atoms with Crippen LogP contribution >= 0.6 is 0 Å². The first-order valence-electron chi connectivity index (χ1n) is 13.9. The van der Waals surface area contributed by atoms with Crippen LogP contribution in [0, 0.1) is 0 Å². The second-order valence-electron chi connectivity index (χ2n) is 9.95. The highest BCUT2D eigenvalue weighted by molar-refractivity contribution is 6.01. The Balaban J connectivity index is 1.95. The molecular formula is C30H31N3O15. The van der Waals surface area contributed by atoms with Gasteiger partial charge in [-0.2, -0.15) is 0 Å². The molecular weight excluding hydrogens is 642 g/mol. The van der Waals surface area contributed by atoms with Crippen molar-refractivity contribution in [1.29, 1.82) is 0 Å². The van der Waals surface area contributed by atoms with E-state index in [4.69, 9.17) is 14.2 Å². The van der Waals surface area contributed by atoms with Gasteiger partial charge in [-0.1, -0.05) is 18.2 Å². The molecule has 2 aromatic carbocycles. The summed E-state index contributed by atoms with van der Waals surface area (Å²) >= 11 is 0. The average Bonchev–Trinajstić information content (AvgIpc) is 3.04. The van der Waals surface area contributed by atoms with Crippen LogP contribution in [0.25, 0.3) is 0 Å². The molecule has 9 N–H and O–H groups in total. The molecule has 0 aromatic heterocycles. The number of amides is 3. The SMILES string of the molecule is C/C=C(C(=O)N[C@H]1COC(=O)[C@@H](NC(=O)c2cccc(O)c2O)COC(=O)[C@@H](NC(=O)c2cccc(O)c2O)COC1=O)\C(O)=C(/C)O. The summed E-state index contributed by atoms with van der Waals surface area (Å²) in [4.78, 5) is 77.9. The third-order valence-corrected chi connectivity index (χ3v) is 6.60. The number of ether oxygens (including phenoxy) is 3. The predicted molar refractivity (Wildman–Crippen MR) is 159 cm³/mol. The lowest BCUT2D eigenvalue weighted by atomic mass is 10.1. The molecule has 0 saturated carbocycles. The summed E-state index contributed by atoms with van der Waals surface area (Å²) in [6, 6.07) is 1.26. The topological polar surface area (TPSA) is 288 Å². The van der Waals surface area contributed by atoms with E-state index in [1.165, 1.54) is 19.1 Å². The number of cyclic esters (lactones) is 3. The normalized spacial score (nSPS) is 19.6. The Morgan fingerprint density at radius 2 is 1.06 bits per heavy atom. The second kappa shape index (κ2) is 15.7. The number of esters is 3. The molecule has 1 saturated heterocycles. The fraction of sp³-hybridized carbons (Fsp3) is 0.267. The molecule has 0 unspecified atom stereocenters. The number of phenolic OH excluding ortho intramolecular Hbond substituents is 4. The van der Waals surface area contributed by atoms with Gasteiger partial charge < -0.3 is 60.8 Å². The van der Waals surface area contributed by atoms with Gasteiger partial charge in [0.05, 0.1) is 16.7 Å². The number of benzene rings is 2. The fourth-order valence-electron chi connectivity index (χ4n) is 4.01. The smallest absolute Gasteiger partial charge is 0.332 e. The number of aromatic hydroxyl groups is 4. The minimum absolute atomic E-state index is 0.490. The van der Waals surface area contributed by atoms with Gasteiger partial charge in [0, 0.05) is 0 Å². The molecule has 3 amide bonds. The van der Waals surface area contributed by atoms with E-state index >= 15 is 0 Å². The van der Waals surface area contributed by atoms with Crippen LogP contribution in [0.15, 0.2) is 59.6 Å². The van der Waals surface area contributed by atoms with Crippen molar-refractivity contribution in [2.24, 2.45) is 0 Å². The molecule has 3 rings (SSSR count). The van der Waals surface area contributed by atoms with Crippen LogP contribution in [0.3, 0.4) is 0 Å². The zero-order chi connectivity index (χ0) is 35.7. The summed E-state index contributed by atoms with van der Waals surface area (Å²) in [5.74, 6) is -11.9. The molecule has 3 atom stereocenters. The quantitative estimate of drug-likeness (QED) is 0.0460. The van der Waals surface area contributed by atoms with Crippen molar-refractivity contribution in [3.8, 4) is 23.0 Å². The number of aliphatic hydroxyl groups excluding tert-OH is 2. The lowest BCUT2D eigenvalue weighted by Crippen LogP contribution is -2.53. The highest BCUT2D eigenvalue weighted by Crippen LogP contribution is 2.29. The van der Waals surface area contributed by atoms with Crippen LogP contribution in [0.1, 0.15) is 34.6 Å². The van der Waals surface area contributed by atoms with E-state index in [1.807, 2.05) is 0 Å². The van der Waals surface area contributed by atoms with Gasteiger partial charge in [0.15, 0.2) is 46.9 Å². The largest absolute Gasteiger partial charge is 0.509 e. The van der Waals surface area contributed by atoms with E-state index in [1.54, 1.807) is 0 Å². The number of carbonyl (C=O) groups is 6. The predicted octanol–water partition coefficient (Wildman–Crippen LogP) is -0.172. The number of para-hydroxylation sites is 2. The van der Waals surface area contributed by atoms with Crippen molar-refractivity contribution in [1.82, 2.24) is 16.0 Å². The lowest BCUT2D eigenvalue weighted by molar-refractivity contribution is -0.161. The van der Waals surface area contributed by atoms with Crippen molar-refractivity contribution in [3.63, 3.8) is 0 Å². The van der Waals surface area contributed by atoms with E-state index < -0.39 is 125 Å². The Bertz CT molecular complexity index is 1620. The third-order valence-electron chi connectivity index (χ3n) is 6.60. The van der Waals surface area contributed by atoms with Gasteiger partial charge in [-0.05, 0) is 38.1 Å². The molecule has 48 heavy (non-hydrogen) atoms. The van der Waals surface area contributed by atoms with Crippen LogP contribution in [-0.4, -0.2) is 104 Å². The van der Waals surface area contributed by atoms with Crippen LogP contribution in [0.4, 0.5) is 0 Å². The van der Waals surface area contributed by atoms with E-state index in [-0.39, 0.29) is 0 Å². The monoisotopic (exact) mass is 673 g/mol. The van der Waals surface area contributed by atoms with Crippen LogP contribution < -0.4 is 16.0 Å². The van der Waals surface area contributed by atoms with Gasteiger partial charge in [0.1, 0.15) is 25.6 Å². The highest BCUT2D eigenvalue weighted by Gasteiger charge is 2.35. The zero-order valence-electron chi connectivity index (χ0n) is 25.3. The Hall–Kier alpha value is -6.46. The molecule has 1 aliphatic heterocycles. The van der Waals surface area contributed by atoms with E-state index in [0.29, 0.717) is 0 Å². The summed E-state index contributed by atoms with van der Waals surface area (Å²) in [5.41, 5.74) is -1.47. The Labute approximate surface area is 270 Å². The van der Waals surface area contributed by atoms with Gasteiger partial charge in [-0.15, -0.1) is 0 Å². The van der Waals surface area contributed by atoms with Crippen molar-refractivity contribution >= 4 is 35.6 Å². The number of allylic oxidation sites excluding steroid dienone is 2. The third kappa shape index (κ3) is 8.62. The molecule has 18 heteroatoms. The van der Waals surface area contributed by atoms with Crippen molar-refractivity contribution in [2.45, 2.75) is 32.0 Å². The zero-order valence-corrected chi connectivity index (χ0v) is 25.3. The minimum Gasteiger partial charge on any atom is -0.509 e. The van der Waals surface area contributed by atoms with Gasteiger partial charge in [0.25, 0.3) is 17.7 Å². The Morgan fingerprint density at radius 1 is 0.688 bits per heavy atom. The number of rotatable bonds is 7. The van der Waals surface area contributed by atoms with Gasteiger partial charge in [-0.25, -0.2) is 14.4 Å². The van der Waals surface area contributed by atoms with Crippen molar-refractivity contribution in [2.75, 3.05) is 19.8 Å². The molecule has 1 aliphatic rings. The van der Waals surface area contributed by atoms with Crippen molar-refractivity contribution < 1.29 is 73.6 Å². The molecule has 2 aromatic rings. The van der Waals surface area contributed by atoms with Crippen LogP contribution in [-0.2, 0) is 33.4 Å². The van der Waals surface area contributed by atoms with Crippen LogP contribution in [0.5, 0.6) is 23.0 Å². The summed E-state index contributed by atoms with van der Waals surface area (Å²) in [6.45, 7) is -0.445. The number of hydrogen-bond acceptors (Lipinski definition) is 15. The molecule has 1 heterocycles. The summed E-state index contributed by atoms with van der Waals surface area (Å²) in [7, 11) is 0. The maximum Gasteiger partial charge on any atom is 0.332 e. The molecule has 0 aliphatic carbocycles. The fourth-order valence-corrected chi connectivity index (χ4v) is 4.01. The first kappa shape index (κ1) is 36.0.